The maximum Gasteiger partial charge on any atom is 0.164 e. The molecule has 0 radical (unpaired) electrons. The SMILES string of the molecule is [2H]c1cc([2H])c2c(c1[2H])c1c([2H])c([2H])cc([2H])c1n2-c1ccc(-c2nc(-c3ccccc3)nc(-c3cccc4c3c3ccccc3n4-c3ccccc3)n2)cc1-c1cccc2c1sc1ccccc12. The lowest BCUT2D eigenvalue weighted by molar-refractivity contribution is 1.07. The molecule has 5 nitrogen and oxygen atoms in total. The second-order valence-electron chi connectivity index (χ2n) is 15.5. The van der Waals surface area contributed by atoms with E-state index in [-0.39, 0.29) is 58.1 Å². The monoisotopic (exact) mass is 827 g/mol. The minimum absolute atomic E-state index is 0.0277. The van der Waals surface area contributed by atoms with Crippen LogP contribution in [0.1, 0.15) is 8.22 Å². The van der Waals surface area contributed by atoms with Gasteiger partial charge in [-0.15, -0.1) is 11.3 Å². The Hall–Kier alpha value is -8.19. The number of para-hydroxylation sites is 4. The van der Waals surface area contributed by atoms with E-state index in [2.05, 4.69) is 83.4 Å². The molecule has 0 aliphatic rings. The molecule has 0 fully saturated rings. The van der Waals surface area contributed by atoms with Gasteiger partial charge in [0, 0.05) is 75.2 Å². The molecule has 13 aromatic rings. The van der Waals surface area contributed by atoms with Gasteiger partial charge in [0.1, 0.15) is 0 Å². The Balaban J connectivity index is 1.12. The first-order valence-corrected chi connectivity index (χ1v) is 21.5. The van der Waals surface area contributed by atoms with Crippen LogP contribution in [-0.2, 0) is 0 Å². The first-order chi connectivity index (χ1) is 33.7. The Morgan fingerprint density at radius 1 is 0.397 bits per heavy atom. The average molecular weight is 828 g/mol. The van der Waals surface area contributed by atoms with Crippen molar-refractivity contribution in [2.45, 2.75) is 0 Å². The zero-order chi connectivity index (χ0) is 46.7. The third-order valence-corrected chi connectivity index (χ3v) is 13.2. The summed E-state index contributed by atoms with van der Waals surface area (Å²) < 4.78 is 60.4. The molecular weight excluding hydrogens is 787 g/mol. The second-order valence-corrected chi connectivity index (χ2v) is 16.5. The van der Waals surface area contributed by atoms with Crippen molar-refractivity contribution in [3.63, 3.8) is 0 Å². The average Bonchev–Trinajstić information content (AvgIpc) is 4.07. The zero-order valence-corrected chi connectivity index (χ0v) is 34.2. The van der Waals surface area contributed by atoms with Crippen molar-refractivity contribution in [2.24, 2.45) is 0 Å². The minimum Gasteiger partial charge on any atom is -0.309 e. The van der Waals surface area contributed by atoms with Crippen LogP contribution in [0.5, 0.6) is 0 Å². The van der Waals surface area contributed by atoms with Crippen molar-refractivity contribution >= 4 is 75.1 Å². The standard InChI is InChI=1S/C57H35N5S/c1-3-17-36(18-4-1)55-58-56(60-57(59-55)45-27-16-31-51-53(45)44-24-9-13-30-49(44)61(51)38-19-5-2-6-20-38)37-33-34-50(62-47-28-11-7-21-39(47)40-22-8-12-29-48(40)62)46(35-37)43-26-15-25-42-41-23-10-14-32-52(41)63-54(42)43/h1-35H/i7D,8D,21D,22D,28D,29D. The Morgan fingerprint density at radius 2 is 1.02 bits per heavy atom. The minimum atomic E-state index is -0.168. The molecule has 4 aromatic heterocycles. The van der Waals surface area contributed by atoms with Gasteiger partial charge in [-0.3, -0.25) is 0 Å². The molecule has 0 spiro atoms. The van der Waals surface area contributed by atoms with Gasteiger partial charge in [-0.05, 0) is 60.6 Å². The molecule has 0 saturated carbocycles. The molecule has 294 valence electrons. The highest BCUT2D eigenvalue weighted by atomic mass is 32.1. The molecule has 6 heteroatoms. The van der Waals surface area contributed by atoms with Crippen molar-refractivity contribution < 1.29 is 8.22 Å². The van der Waals surface area contributed by atoms with Gasteiger partial charge >= 0.3 is 0 Å². The second kappa shape index (κ2) is 14.2. The third kappa shape index (κ3) is 5.59. The van der Waals surface area contributed by atoms with Crippen molar-refractivity contribution in [2.75, 3.05) is 0 Å². The maximum atomic E-state index is 9.32. The number of hydrogen-bond acceptors (Lipinski definition) is 4. The van der Waals surface area contributed by atoms with Crippen molar-refractivity contribution in [3.8, 4) is 56.7 Å². The van der Waals surface area contributed by atoms with E-state index in [9.17, 15) is 2.74 Å². The number of benzene rings is 9. The van der Waals surface area contributed by atoms with Gasteiger partial charge in [0.2, 0.25) is 0 Å². The van der Waals surface area contributed by atoms with E-state index in [0.717, 1.165) is 69.9 Å². The van der Waals surface area contributed by atoms with Crippen molar-refractivity contribution in [3.05, 3.63) is 212 Å². The van der Waals surface area contributed by atoms with Crippen LogP contribution in [0.25, 0.3) is 120 Å². The summed E-state index contributed by atoms with van der Waals surface area (Å²) in [5, 5.41) is 4.67. The third-order valence-electron chi connectivity index (χ3n) is 11.9. The van der Waals surface area contributed by atoms with Crippen LogP contribution in [0, 0.1) is 0 Å². The molecule has 0 aliphatic heterocycles. The summed E-state index contributed by atoms with van der Waals surface area (Å²) in [4.78, 5) is 15.8. The Labute approximate surface area is 374 Å². The van der Waals surface area contributed by atoms with Crippen molar-refractivity contribution in [1.82, 2.24) is 24.1 Å². The largest absolute Gasteiger partial charge is 0.309 e. The quantitative estimate of drug-likeness (QED) is 0.168. The normalized spacial score (nSPS) is 13.1. The number of fused-ring (bicyclic) bond motifs is 9. The molecular formula is C57H35N5S. The molecule has 0 atom stereocenters. The number of aromatic nitrogens is 5. The summed E-state index contributed by atoms with van der Waals surface area (Å²) in [5.74, 6) is 1.43. The van der Waals surface area contributed by atoms with Gasteiger partial charge in [-0.25, -0.2) is 15.0 Å². The van der Waals surface area contributed by atoms with Gasteiger partial charge in [-0.2, -0.15) is 0 Å². The van der Waals surface area contributed by atoms with Gasteiger partial charge in [0.05, 0.1) is 36.0 Å². The molecule has 63 heavy (non-hydrogen) atoms. The van der Waals surface area contributed by atoms with Crippen LogP contribution in [0.2, 0.25) is 0 Å². The molecule has 0 bridgehead atoms. The fraction of sp³-hybridized carbons (Fsp3) is 0. The molecule has 0 aliphatic carbocycles. The van der Waals surface area contributed by atoms with Gasteiger partial charge in [0.15, 0.2) is 17.5 Å². The molecule has 0 N–H and O–H groups in total. The van der Waals surface area contributed by atoms with Crippen LogP contribution in [-0.4, -0.2) is 24.1 Å². The highest BCUT2D eigenvalue weighted by molar-refractivity contribution is 7.26. The van der Waals surface area contributed by atoms with E-state index in [4.69, 9.17) is 20.4 Å². The van der Waals surface area contributed by atoms with Crippen molar-refractivity contribution in [1.29, 1.82) is 0 Å². The Morgan fingerprint density at radius 3 is 1.81 bits per heavy atom. The Bertz CT molecular complexity index is 4210. The summed E-state index contributed by atoms with van der Waals surface area (Å²) in [7, 11) is 0. The van der Waals surface area contributed by atoms with Crippen LogP contribution < -0.4 is 0 Å². The molecule has 13 rings (SSSR count). The van der Waals surface area contributed by atoms with E-state index in [1.54, 1.807) is 15.9 Å². The van der Waals surface area contributed by atoms with E-state index in [1.807, 2.05) is 84.9 Å². The van der Waals surface area contributed by atoms with E-state index >= 15 is 0 Å². The van der Waals surface area contributed by atoms with Gasteiger partial charge < -0.3 is 9.13 Å². The molecule has 0 unspecified atom stereocenters. The smallest absolute Gasteiger partial charge is 0.164 e. The topological polar surface area (TPSA) is 48.5 Å². The Kier molecular flexibility index (Phi) is 6.75. The number of rotatable bonds is 6. The lowest BCUT2D eigenvalue weighted by Gasteiger charge is -2.17. The first kappa shape index (κ1) is 29.9. The number of hydrogen-bond donors (Lipinski definition) is 0. The molecule has 0 amide bonds. The summed E-state index contributed by atoms with van der Waals surface area (Å²) in [5.41, 5.74) is 8.27. The summed E-state index contributed by atoms with van der Waals surface area (Å²) in [6, 6.07) is 57.3. The predicted octanol–water partition coefficient (Wildman–Crippen LogP) is 15.1. The lowest BCUT2D eigenvalue weighted by Crippen LogP contribution is -2.02. The number of nitrogens with zero attached hydrogens (tertiary/aromatic N) is 5. The lowest BCUT2D eigenvalue weighted by atomic mass is 9.98. The van der Waals surface area contributed by atoms with Gasteiger partial charge in [0.25, 0.3) is 0 Å². The first-order valence-electron chi connectivity index (χ1n) is 23.7. The van der Waals surface area contributed by atoms with E-state index < -0.39 is 0 Å². The van der Waals surface area contributed by atoms with E-state index in [1.165, 1.54) is 12.1 Å². The highest BCUT2D eigenvalue weighted by Crippen LogP contribution is 2.45. The fourth-order valence-electron chi connectivity index (χ4n) is 9.20. The summed E-state index contributed by atoms with van der Waals surface area (Å²) in [6.45, 7) is 0. The molecule has 4 heterocycles. The zero-order valence-electron chi connectivity index (χ0n) is 39.4. The van der Waals surface area contributed by atoms with Crippen LogP contribution >= 0.6 is 11.3 Å². The van der Waals surface area contributed by atoms with Crippen LogP contribution in [0.15, 0.2) is 212 Å². The highest BCUT2D eigenvalue weighted by Gasteiger charge is 2.22. The predicted molar refractivity (Wildman–Crippen MR) is 263 cm³/mol. The summed E-state index contributed by atoms with van der Waals surface area (Å²) >= 11 is 1.68. The maximum absolute atomic E-state index is 9.32. The molecule has 9 aromatic carbocycles. The van der Waals surface area contributed by atoms with E-state index in [0.29, 0.717) is 28.7 Å². The van der Waals surface area contributed by atoms with Gasteiger partial charge in [-0.1, -0.05) is 152 Å². The fourth-order valence-corrected chi connectivity index (χ4v) is 10.4. The summed E-state index contributed by atoms with van der Waals surface area (Å²) in [6.07, 6.45) is 0. The number of thiophene rings is 1. The van der Waals surface area contributed by atoms with Crippen LogP contribution in [0.4, 0.5) is 0 Å². The molecule has 0 saturated heterocycles. The van der Waals surface area contributed by atoms with Crippen LogP contribution in [0.3, 0.4) is 0 Å².